The summed E-state index contributed by atoms with van der Waals surface area (Å²) in [4.78, 5) is 53.6. The van der Waals surface area contributed by atoms with Gasteiger partial charge in [0, 0.05) is 31.0 Å². The maximum absolute atomic E-state index is 11.2. The summed E-state index contributed by atoms with van der Waals surface area (Å²) in [5.74, 6) is -3.32. The quantitative estimate of drug-likeness (QED) is 0.0371. The van der Waals surface area contributed by atoms with Crippen molar-refractivity contribution in [2.75, 3.05) is 13.2 Å². The fourth-order valence-corrected chi connectivity index (χ4v) is 2.96. The second-order valence-corrected chi connectivity index (χ2v) is 15.1. The topological polar surface area (TPSA) is 291 Å². The predicted molar refractivity (Wildman–Crippen MR) is 186 cm³/mol. The van der Waals surface area contributed by atoms with Crippen LogP contribution in [0.1, 0.15) is 116 Å². The molecule has 0 unspecified atom stereocenters. The zero-order valence-corrected chi connectivity index (χ0v) is 37.6. The van der Waals surface area contributed by atoms with Gasteiger partial charge in [-0.2, -0.15) is 0 Å². The summed E-state index contributed by atoms with van der Waals surface area (Å²) in [6, 6.07) is 0. The number of Topliss-reactive ketones (excluding diaryl/α,β-unsaturated/α-hetero) is 1. The summed E-state index contributed by atoms with van der Waals surface area (Å²) in [6.45, 7) is 28.4. The van der Waals surface area contributed by atoms with Crippen molar-refractivity contribution in [2.45, 2.75) is 156 Å². The van der Waals surface area contributed by atoms with E-state index in [4.69, 9.17) is 29.5 Å². The molecule has 0 bridgehead atoms. The molecule has 0 amide bonds. The molecule has 0 aromatic heterocycles. The van der Waals surface area contributed by atoms with Crippen LogP contribution < -0.4 is 90.8 Å². The van der Waals surface area contributed by atoms with Crippen LogP contribution in [0.5, 0.6) is 0 Å². The van der Waals surface area contributed by atoms with Crippen LogP contribution in [0.4, 0.5) is 0 Å². The zero-order chi connectivity index (χ0) is 42.3. The van der Waals surface area contributed by atoms with Gasteiger partial charge >= 0.3 is 99.3 Å². The Bertz CT molecular complexity index is 1110. The van der Waals surface area contributed by atoms with Gasteiger partial charge in [-0.3, -0.25) is 25.3 Å². The van der Waals surface area contributed by atoms with Crippen molar-refractivity contribution >= 4 is 29.7 Å². The van der Waals surface area contributed by atoms with E-state index in [9.17, 15) is 39.3 Å². The van der Waals surface area contributed by atoms with E-state index in [-0.39, 0.29) is 131 Å². The van der Waals surface area contributed by atoms with Crippen molar-refractivity contribution in [1.29, 1.82) is 0 Å². The van der Waals surface area contributed by atoms with Crippen molar-refractivity contribution in [2.24, 2.45) is 0 Å². The van der Waals surface area contributed by atoms with E-state index in [1.807, 2.05) is 20.8 Å². The summed E-state index contributed by atoms with van der Waals surface area (Å²) < 4.78 is 23.6. The molecule has 1 aliphatic heterocycles. The van der Waals surface area contributed by atoms with Gasteiger partial charge in [0.05, 0.1) is 25.2 Å². The number of aliphatic hydroxyl groups excluding tert-OH is 3. The minimum atomic E-state index is -1.24. The summed E-state index contributed by atoms with van der Waals surface area (Å²) in [6.07, 6.45) is -2.79. The van der Waals surface area contributed by atoms with E-state index in [1.165, 1.54) is 6.92 Å². The number of ketones is 1. The second-order valence-electron chi connectivity index (χ2n) is 15.1. The van der Waals surface area contributed by atoms with Crippen LogP contribution in [0.3, 0.4) is 0 Å². The van der Waals surface area contributed by atoms with Gasteiger partial charge in [0.1, 0.15) is 35.6 Å². The van der Waals surface area contributed by atoms with Crippen LogP contribution in [0, 0.1) is 6.92 Å². The van der Waals surface area contributed by atoms with Crippen LogP contribution in [-0.4, -0.2) is 104 Å². The van der Waals surface area contributed by atoms with Crippen LogP contribution in [0.15, 0.2) is 24.4 Å². The second kappa shape index (κ2) is 37.6. The Labute approximate surface area is 387 Å². The van der Waals surface area contributed by atoms with Crippen molar-refractivity contribution < 1.29 is 159 Å². The summed E-state index contributed by atoms with van der Waals surface area (Å²) >= 11 is 0. The molecular weight excluding hydrogens is 732 g/mol. The fourth-order valence-electron chi connectivity index (χ4n) is 2.96. The number of carbonyl (C=O) groups excluding carboxylic acids is 5. The van der Waals surface area contributed by atoms with E-state index >= 15 is 0 Å². The third-order valence-electron chi connectivity index (χ3n) is 4.26. The number of hydrogen-bond donors (Lipinski definition) is 3. The number of carbonyl (C=O) groups is 5. The van der Waals surface area contributed by atoms with E-state index < -0.39 is 71.1 Å². The summed E-state index contributed by atoms with van der Waals surface area (Å²) in [7, 11) is 0. The third kappa shape index (κ3) is 72.7. The summed E-state index contributed by atoms with van der Waals surface area (Å²) in [5, 5.41) is 57.6. The number of rotatable bonds is 9. The Hall–Kier alpha value is -1.38. The van der Waals surface area contributed by atoms with E-state index in [0.717, 1.165) is 6.08 Å². The molecule has 0 aliphatic carbocycles. The zero-order valence-electron chi connectivity index (χ0n) is 37.6. The van der Waals surface area contributed by atoms with Crippen molar-refractivity contribution in [3.05, 3.63) is 31.3 Å². The molecule has 57 heavy (non-hydrogen) atoms. The first-order chi connectivity index (χ1) is 23.1. The minimum Gasteiger partial charge on any atom is -0.876 e. The van der Waals surface area contributed by atoms with Gasteiger partial charge in [-0.25, -0.2) is 4.79 Å². The van der Waals surface area contributed by atoms with Crippen molar-refractivity contribution in [3.8, 4) is 0 Å². The average molecular weight is 796 g/mol. The molecule has 0 aromatic rings. The Morgan fingerprint density at radius 3 is 1.46 bits per heavy atom. The number of cyclic esters (lactones) is 1. The van der Waals surface area contributed by atoms with Crippen LogP contribution >= 0.6 is 0 Å². The molecule has 4 N–H and O–H groups in total. The van der Waals surface area contributed by atoms with Crippen molar-refractivity contribution in [3.63, 3.8) is 0 Å². The molecule has 0 aromatic carbocycles. The molecule has 21 heteroatoms. The minimum absolute atomic E-state index is 0. The molecule has 1 heterocycles. The normalized spacial score (nSPS) is 14.0. The molecular formula is C36H63Li4O17-. The van der Waals surface area contributed by atoms with E-state index in [0.29, 0.717) is 0 Å². The van der Waals surface area contributed by atoms with Gasteiger partial charge < -0.3 is 66.7 Å². The van der Waals surface area contributed by atoms with Crippen LogP contribution in [-0.2, 0) is 47.7 Å². The molecule has 1 aliphatic rings. The smallest absolute Gasteiger partial charge is 0.876 e. The fraction of sp³-hybridized carbons (Fsp3) is 0.722. The van der Waals surface area contributed by atoms with E-state index in [1.54, 1.807) is 62.3 Å². The number of ether oxygens (including phenoxy) is 5. The van der Waals surface area contributed by atoms with Gasteiger partial charge in [0.2, 0.25) is 0 Å². The first-order valence-corrected chi connectivity index (χ1v) is 16.3. The molecule has 17 nitrogen and oxygen atoms in total. The molecule has 0 radical (unpaired) electrons. The molecule has 0 saturated carbocycles. The maximum Gasteiger partial charge on any atom is 1.00 e. The molecule has 0 spiro atoms. The Morgan fingerprint density at radius 1 is 0.842 bits per heavy atom. The molecule has 1 rings (SSSR count). The first-order valence-electron chi connectivity index (χ1n) is 16.3. The molecule has 3 atom stereocenters. The van der Waals surface area contributed by atoms with Gasteiger partial charge in [-0.15, -0.1) is 5.76 Å². The van der Waals surface area contributed by atoms with E-state index in [2.05, 4.69) is 23.0 Å². The van der Waals surface area contributed by atoms with Crippen LogP contribution in [0.2, 0.25) is 0 Å². The Morgan fingerprint density at radius 2 is 1.25 bits per heavy atom. The van der Waals surface area contributed by atoms with Gasteiger partial charge in [-0.05, 0) is 62.3 Å². The monoisotopic (exact) mass is 795 g/mol. The molecule has 1 fully saturated rings. The van der Waals surface area contributed by atoms with Crippen molar-refractivity contribution in [1.82, 2.24) is 0 Å². The number of aliphatic hydroxyl groups is 3. The largest absolute Gasteiger partial charge is 1.00 e. The molecule has 1 saturated heterocycles. The SMILES string of the molecule is C=C([O-])OC(C)(C)C.CC(=O)OC(C)(C)C.CC(C)(C)OC(=O)CC(=O)C[C@H](O)CO.O=C1C[C@H](O)CO1.[CH2-][C@@H]([O-])C/C([O-])=C/C(=O)OC(C)(C)C.[Li+].[Li+].[Li+].[Li+].[OH-]. The number of hydrogen-bond acceptors (Lipinski definition) is 17. The van der Waals surface area contributed by atoms with Gasteiger partial charge in [-0.1, -0.05) is 33.8 Å². The standard InChI is InChI=1S/C10H18O5.C10H16O4.2C6H12O2.C4H6O3.4Li.H2O/c1-10(2,3)15-9(14)5-7(12)4-8(13)6-11;1-7(11)5-8(12)6-9(13)14-10(2,3)4;2*1-5(7)8-6(2,3)4;5-3-1-4(6)7-2-3;;;;;/h8,11,13H,4-6H2,1-3H3;6-7,12H,1,5H2,2-4H3;1-4H3;7H,1H2,2-4H3;3,5H,1-2H2;;;;;1H2/q;-2;;;;4*+1;/p-3/b;8-6-;;;;;;;;/t8-;7-;;;3-;;;;;/m01..0...../s1. The van der Waals surface area contributed by atoms with Crippen LogP contribution in [0.25, 0.3) is 0 Å². The average Bonchev–Trinajstić information content (AvgIpc) is 3.21. The first kappa shape index (κ1) is 76.3. The van der Waals surface area contributed by atoms with Gasteiger partial charge in [0.25, 0.3) is 0 Å². The number of esters is 4. The van der Waals surface area contributed by atoms with Gasteiger partial charge in [0.15, 0.2) is 0 Å². The Kier molecular flexibility index (Phi) is 50.4. The molecule has 314 valence electrons. The Balaban J connectivity index is -0.0000000728. The third-order valence-corrected chi connectivity index (χ3v) is 4.26. The maximum atomic E-state index is 11.2. The summed E-state index contributed by atoms with van der Waals surface area (Å²) in [5.41, 5.74) is -1.97. The predicted octanol–water partition coefficient (Wildman–Crippen LogP) is -11.3.